The topological polar surface area (TPSA) is 69.6 Å². The van der Waals surface area contributed by atoms with Gasteiger partial charge in [0.05, 0.1) is 6.10 Å². The molecule has 0 aromatic heterocycles. The molecule has 0 aromatic carbocycles. The van der Waals surface area contributed by atoms with Crippen LogP contribution in [0.4, 0.5) is 0 Å². The number of carboxylic acids is 1. The van der Waals surface area contributed by atoms with E-state index in [0.717, 1.165) is 0 Å². The van der Waals surface area contributed by atoms with E-state index in [1.807, 2.05) is 0 Å². The summed E-state index contributed by atoms with van der Waals surface area (Å²) in [6, 6.07) is -0.843. The predicted octanol–water partition coefficient (Wildman–Crippen LogP) is -1.04. The summed E-state index contributed by atoms with van der Waals surface area (Å²) in [5.74, 6) is -1.02. The Balaban J connectivity index is 2.60. The summed E-state index contributed by atoms with van der Waals surface area (Å²) < 4.78 is 0. The van der Waals surface area contributed by atoms with Crippen LogP contribution in [0.3, 0.4) is 0 Å². The Morgan fingerprint density at radius 1 is 1.70 bits per heavy atom. The van der Waals surface area contributed by atoms with E-state index in [-0.39, 0.29) is 0 Å². The van der Waals surface area contributed by atoms with E-state index in [9.17, 15) is 4.79 Å². The van der Waals surface area contributed by atoms with Crippen LogP contribution in [0.15, 0.2) is 12.2 Å². The molecule has 0 bridgehead atoms. The molecule has 3 N–H and O–H groups in total. The van der Waals surface area contributed by atoms with Crippen LogP contribution in [0.1, 0.15) is 0 Å². The van der Waals surface area contributed by atoms with E-state index in [2.05, 4.69) is 5.32 Å². The highest BCUT2D eigenvalue weighted by Gasteiger charge is 2.25. The molecule has 0 aromatic rings. The van der Waals surface area contributed by atoms with Crippen molar-refractivity contribution in [3.8, 4) is 0 Å². The third kappa shape index (κ3) is 1.34. The lowest BCUT2D eigenvalue weighted by Gasteiger charge is -2.20. The van der Waals surface area contributed by atoms with Gasteiger partial charge in [-0.05, 0) is 0 Å². The first-order valence-electron chi connectivity index (χ1n) is 3.03. The van der Waals surface area contributed by atoms with E-state index in [1.54, 1.807) is 6.08 Å². The normalized spacial score (nSPS) is 32.1. The fourth-order valence-electron chi connectivity index (χ4n) is 0.868. The summed E-state index contributed by atoms with van der Waals surface area (Å²) in [6.07, 6.45) is 2.28. The van der Waals surface area contributed by atoms with Crippen molar-refractivity contribution in [3.05, 3.63) is 12.2 Å². The van der Waals surface area contributed by atoms with E-state index >= 15 is 0 Å². The first kappa shape index (κ1) is 7.24. The highest BCUT2D eigenvalue weighted by Crippen LogP contribution is 2.00. The number of hydrogen-bond donors (Lipinski definition) is 3. The quantitative estimate of drug-likeness (QED) is 0.410. The fourth-order valence-corrected chi connectivity index (χ4v) is 0.868. The zero-order valence-corrected chi connectivity index (χ0v) is 5.32. The summed E-state index contributed by atoms with van der Waals surface area (Å²) >= 11 is 0. The summed E-state index contributed by atoms with van der Waals surface area (Å²) in [4.78, 5) is 10.3. The van der Waals surface area contributed by atoms with Gasteiger partial charge in [0, 0.05) is 6.54 Å². The second kappa shape index (κ2) is 2.81. The molecule has 1 heterocycles. The maximum absolute atomic E-state index is 10.3. The van der Waals surface area contributed by atoms with E-state index in [0.29, 0.717) is 6.54 Å². The lowest BCUT2D eigenvalue weighted by atomic mass is 10.1. The Labute approximate surface area is 58.2 Å². The molecular formula is C6H9NO3. The van der Waals surface area contributed by atoms with Gasteiger partial charge < -0.3 is 10.2 Å². The molecule has 0 saturated heterocycles. The Hall–Kier alpha value is -0.870. The Bertz CT molecular complexity index is 166. The number of aliphatic hydroxyl groups is 1. The molecule has 1 aliphatic rings. The maximum atomic E-state index is 10.3. The lowest BCUT2D eigenvalue weighted by molar-refractivity contribution is -0.141. The minimum Gasteiger partial charge on any atom is -0.480 e. The molecule has 0 saturated carbocycles. The van der Waals surface area contributed by atoms with Crippen LogP contribution in [0.5, 0.6) is 0 Å². The molecule has 0 fully saturated rings. The van der Waals surface area contributed by atoms with Crippen LogP contribution in [-0.4, -0.2) is 34.9 Å². The molecule has 4 heteroatoms. The van der Waals surface area contributed by atoms with Crippen molar-refractivity contribution in [2.45, 2.75) is 12.1 Å². The van der Waals surface area contributed by atoms with Gasteiger partial charge >= 0.3 is 5.97 Å². The van der Waals surface area contributed by atoms with Crippen molar-refractivity contribution in [2.24, 2.45) is 0 Å². The van der Waals surface area contributed by atoms with E-state index < -0.39 is 18.1 Å². The van der Waals surface area contributed by atoms with Crippen molar-refractivity contribution < 1.29 is 15.0 Å². The number of carboxylic acid groups (broad SMARTS) is 1. The molecule has 1 rings (SSSR count). The molecule has 0 radical (unpaired) electrons. The zero-order chi connectivity index (χ0) is 7.56. The molecule has 56 valence electrons. The number of carbonyl (C=O) groups is 1. The van der Waals surface area contributed by atoms with Crippen LogP contribution >= 0.6 is 0 Å². The van der Waals surface area contributed by atoms with Crippen molar-refractivity contribution in [1.29, 1.82) is 0 Å². The number of rotatable bonds is 1. The van der Waals surface area contributed by atoms with Crippen molar-refractivity contribution in [3.63, 3.8) is 0 Å². The van der Waals surface area contributed by atoms with E-state index in [1.165, 1.54) is 6.08 Å². The highest BCUT2D eigenvalue weighted by atomic mass is 16.4. The molecule has 0 aliphatic carbocycles. The van der Waals surface area contributed by atoms with Crippen molar-refractivity contribution in [1.82, 2.24) is 5.32 Å². The van der Waals surface area contributed by atoms with Gasteiger partial charge in [0.25, 0.3) is 0 Å². The molecular weight excluding hydrogens is 134 g/mol. The minimum atomic E-state index is -1.02. The van der Waals surface area contributed by atoms with Gasteiger partial charge in [-0.2, -0.15) is 0 Å². The number of hydrogen-bond acceptors (Lipinski definition) is 3. The van der Waals surface area contributed by atoms with Gasteiger partial charge in [-0.25, -0.2) is 0 Å². The van der Waals surface area contributed by atoms with Crippen molar-refractivity contribution >= 4 is 5.97 Å². The molecule has 0 spiro atoms. The SMILES string of the molecule is O=C(O)[C@@H]1NCC=C[C@H]1O. The van der Waals surface area contributed by atoms with Gasteiger partial charge in [0.15, 0.2) is 0 Å². The van der Waals surface area contributed by atoms with Crippen molar-refractivity contribution in [2.75, 3.05) is 6.54 Å². The second-order valence-electron chi connectivity index (χ2n) is 2.14. The van der Waals surface area contributed by atoms with Gasteiger partial charge in [-0.1, -0.05) is 12.2 Å². The van der Waals surface area contributed by atoms with Crippen LogP contribution in [0.2, 0.25) is 0 Å². The summed E-state index contributed by atoms with van der Waals surface area (Å²) in [7, 11) is 0. The maximum Gasteiger partial charge on any atom is 0.323 e. The Morgan fingerprint density at radius 3 is 2.80 bits per heavy atom. The van der Waals surface area contributed by atoms with Crippen LogP contribution in [-0.2, 0) is 4.79 Å². The molecule has 0 unspecified atom stereocenters. The minimum absolute atomic E-state index is 0.508. The largest absolute Gasteiger partial charge is 0.480 e. The number of aliphatic hydroxyl groups excluding tert-OH is 1. The Morgan fingerprint density at radius 2 is 2.40 bits per heavy atom. The first-order chi connectivity index (χ1) is 4.72. The first-order valence-corrected chi connectivity index (χ1v) is 3.03. The van der Waals surface area contributed by atoms with Gasteiger partial charge in [0.1, 0.15) is 6.04 Å². The zero-order valence-electron chi connectivity index (χ0n) is 5.32. The molecule has 10 heavy (non-hydrogen) atoms. The van der Waals surface area contributed by atoms with Crippen LogP contribution in [0.25, 0.3) is 0 Å². The monoisotopic (exact) mass is 143 g/mol. The van der Waals surface area contributed by atoms with Crippen LogP contribution in [0, 0.1) is 0 Å². The van der Waals surface area contributed by atoms with Gasteiger partial charge in [-0.15, -0.1) is 0 Å². The summed E-state index contributed by atoms with van der Waals surface area (Å²) in [5.41, 5.74) is 0. The Kier molecular flexibility index (Phi) is 2.03. The highest BCUT2D eigenvalue weighted by molar-refractivity contribution is 5.74. The molecule has 2 atom stereocenters. The third-order valence-corrected chi connectivity index (χ3v) is 1.40. The number of aliphatic carboxylic acids is 1. The lowest BCUT2D eigenvalue weighted by Crippen LogP contribution is -2.47. The summed E-state index contributed by atoms with van der Waals surface area (Å²) in [5, 5.41) is 20.1. The predicted molar refractivity (Wildman–Crippen MR) is 34.6 cm³/mol. The average Bonchev–Trinajstić information content (AvgIpc) is 1.88. The van der Waals surface area contributed by atoms with Gasteiger partial charge in [-0.3, -0.25) is 10.1 Å². The number of nitrogens with one attached hydrogen (secondary N) is 1. The fraction of sp³-hybridized carbons (Fsp3) is 0.500. The van der Waals surface area contributed by atoms with Gasteiger partial charge in [0.2, 0.25) is 0 Å². The summed E-state index contributed by atoms with van der Waals surface area (Å²) in [6.45, 7) is 0.508. The standard InChI is InChI=1S/C6H9NO3/c8-4-2-1-3-7-5(4)6(9)10/h1-2,4-5,7-8H,3H2,(H,9,10)/t4-,5-/m1/s1. The molecule has 4 nitrogen and oxygen atoms in total. The van der Waals surface area contributed by atoms with Crippen LogP contribution < -0.4 is 5.32 Å². The molecule has 0 amide bonds. The molecule has 1 aliphatic heterocycles. The smallest absolute Gasteiger partial charge is 0.323 e. The second-order valence-corrected chi connectivity index (χ2v) is 2.14. The van der Waals surface area contributed by atoms with E-state index in [4.69, 9.17) is 10.2 Å². The third-order valence-electron chi connectivity index (χ3n) is 1.40. The average molecular weight is 143 g/mol.